The first-order valence-electron chi connectivity index (χ1n) is 7.39. The summed E-state index contributed by atoms with van der Waals surface area (Å²) in [6.07, 6.45) is 1.04. The predicted molar refractivity (Wildman–Crippen MR) is 78.9 cm³/mol. The highest BCUT2D eigenvalue weighted by molar-refractivity contribution is 5.70. The van der Waals surface area contributed by atoms with Crippen LogP contribution >= 0.6 is 0 Å². The van der Waals surface area contributed by atoms with Gasteiger partial charge in [-0.2, -0.15) is 13.8 Å². The van der Waals surface area contributed by atoms with Crippen LogP contribution in [0, 0.1) is 5.92 Å². The zero-order valence-electron chi connectivity index (χ0n) is 12.6. The number of aliphatic carboxylic acids is 1. The standard InChI is InChI=1S/C15H15F2N3O4/c16-14(17)23-11-3-1-9(2-4-11)12-18-15(24-19-12)20-7-5-10(6-8-20)13(21)22/h1-4,10,14H,5-8H2,(H,21,22). The van der Waals surface area contributed by atoms with Crippen LogP contribution in [0.25, 0.3) is 11.4 Å². The summed E-state index contributed by atoms with van der Waals surface area (Å²) in [5.74, 6) is -0.750. The molecule has 128 valence electrons. The van der Waals surface area contributed by atoms with Gasteiger partial charge in [0, 0.05) is 18.7 Å². The second kappa shape index (κ2) is 6.81. The average Bonchev–Trinajstić information content (AvgIpc) is 3.05. The summed E-state index contributed by atoms with van der Waals surface area (Å²) in [5, 5.41) is 12.9. The third kappa shape index (κ3) is 3.61. The number of carboxylic acid groups (broad SMARTS) is 1. The lowest BCUT2D eigenvalue weighted by atomic mass is 9.97. The van der Waals surface area contributed by atoms with Crippen molar-refractivity contribution in [2.24, 2.45) is 5.92 Å². The van der Waals surface area contributed by atoms with Crippen LogP contribution in [-0.2, 0) is 4.79 Å². The molecule has 1 N–H and O–H groups in total. The lowest BCUT2D eigenvalue weighted by Crippen LogP contribution is -2.36. The highest BCUT2D eigenvalue weighted by Gasteiger charge is 2.27. The monoisotopic (exact) mass is 339 g/mol. The van der Waals surface area contributed by atoms with E-state index in [1.54, 1.807) is 12.1 Å². The Balaban J connectivity index is 1.66. The van der Waals surface area contributed by atoms with Gasteiger partial charge in [0.2, 0.25) is 5.82 Å². The molecule has 7 nitrogen and oxygen atoms in total. The van der Waals surface area contributed by atoms with E-state index in [-0.39, 0.29) is 11.7 Å². The first kappa shape index (κ1) is 16.2. The third-order valence-electron chi connectivity index (χ3n) is 3.87. The molecule has 3 rings (SSSR count). The van der Waals surface area contributed by atoms with Crippen LogP contribution in [0.1, 0.15) is 12.8 Å². The minimum atomic E-state index is -2.87. The zero-order chi connectivity index (χ0) is 17.1. The number of hydrogen-bond donors (Lipinski definition) is 1. The van der Waals surface area contributed by atoms with E-state index in [0.717, 1.165) is 0 Å². The average molecular weight is 339 g/mol. The molecule has 1 aromatic carbocycles. The summed E-state index contributed by atoms with van der Waals surface area (Å²) >= 11 is 0. The first-order chi connectivity index (χ1) is 11.5. The van der Waals surface area contributed by atoms with Crippen molar-refractivity contribution in [3.05, 3.63) is 24.3 Å². The molecule has 0 saturated carbocycles. The molecule has 0 radical (unpaired) electrons. The van der Waals surface area contributed by atoms with E-state index in [0.29, 0.717) is 43.3 Å². The lowest BCUT2D eigenvalue weighted by Gasteiger charge is -2.28. The maximum absolute atomic E-state index is 12.1. The molecule has 0 atom stereocenters. The minimum absolute atomic E-state index is 0.0493. The van der Waals surface area contributed by atoms with Crippen molar-refractivity contribution < 1.29 is 27.9 Å². The highest BCUT2D eigenvalue weighted by atomic mass is 19.3. The van der Waals surface area contributed by atoms with Crippen molar-refractivity contribution in [1.29, 1.82) is 0 Å². The lowest BCUT2D eigenvalue weighted by molar-refractivity contribution is -0.142. The molecule has 24 heavy (non-hydrogen) atoms. The van der Waals surface area contributed by atoms with E-state index in [4.69, 9.17) is 9.63 Å². The van der Waals surface area contributed by atoms with E-state index in [1.165, 1.54) is 12.1 Å². The second-order valence-electron chi connectivity index (χ2n) is 5.40. The third-order valence-corrected chi connectivity index (χ3v) is 3.87. The molecule has 1 aromatic heterocycles. The molecule has 9 heteroatoms. The van der Waals surface area contributed by atoms with E-state index < -0.39 is 12.6 Å². The van der Waals surface area contributed by atoms with Gasteiger partial charge < -0.3 is 19.3 Å². The van der Waals surface area contributed by atoms with Crippen molar-refractivity contribution in [2.75, 3.05) is 18.0 Å². The number of aromatic nitrogens is 2. The molecule has 2 aromatic rings. The van der Waals surface area contributed by atoms with Gasteiger partial charge in [0.1, 0.15) is 5.75 Å². The Bertz CT molecular complexity index is 697. The van der Waals surface area contributed by atoms with Gasteiger partial charge in [0.15, 0.2) is 0 Å². The molecule has 1 fully saturated rings. The Hall–Kier alpha value is -2.71. The van der Waals surface area contributed by atoms with Crippen molar-refractivity contribution in [1.82, 2.24) is 10.1 Å². The summed E-state index contributed by atoms with van der Waals surface area (Å²) in [4.78, 5) is 17.1. The molecular weight excluding hydrogens is 324 g/mol. The maximum atomic E-state index is 12.1. The van der Waals surface area contributed by atoms with Crippen molar-refractivity contribution in [3.8, 4) is 17.1 Å². The Morgan fingerprint density at radius 1 is 1.29 bits per heavy atom. The van der Waals surface area contributed by atoms with Gasteiger partial charge in [-0.1, -0.05) is 5.16 Å². The quantitative estimate of drug-likeness (QED) is 0.896. The van der Waals surface area contributed by atoms with Gasteiger partial charge in [-0.15, -0.1) is 0 Å². The second-order valence-corrected chi connectivity index (χ2v) is 5.40. The van der Waals surface area contributed by atoms with E-state index in [1.807, 2.05) is 4.90 Å². The van der Waals surface area contributed by atoms with Crippen LogP contribution in [0.15, 0.2) is 28.8 Å². The molecule has 1 aliphatic heterocycles. The molecule has 0 unspecified atom stereocenters. The number of carboxylic acids is 1. The van der Waals surface area contributed by atoms with Gasteiger partial charge in [-0.25, -0.2) is 0 Å². The fraction of sp³-hybridized carbons (Fsp3) is 0.400. The Labute approximate surface area is 135 Å². The summed E-state index contributed by atoms with van der Waals surface area (Å²) in [6, 6.07) is 6.24. The van der Waals surface area contributed by atoms with E-state index in [2.05, 4.69) is 14.9 Å². The number of anilines is 1. The number of nitrogens with zero attached hydrogens (tertiary/aromatic N) is 3. The van der Waals surface area contributed by atoms with Crippen molar-refractivity contribution in [2.45, 2.75) is 19.5 Å². The minimum Gasteiger partial charge on any atom is -0.481 e. The number of carbonyl (C=O) groups is 1. The summed E-state index contributed by atoms with van der Waals surface area (Å²) in [5.41, 5.74) is 0.604. The number of rotatable bonds is 5. The highest BCUT2D eigenvalue weighted by Crippen LogP contribution is 2.26. The Kier molecular flexibility index (Phi) is 4.59. The molecule has 0 bridgehead atoms. The van der Waals surface area contributed by atoms with Gasteiger partial charge in [-0.05, 0) is 37.1 Å². The van der Waals surface area contributed by atoms with Crippen molar-refractivity contribution >= 4 is 12.0 Å². The summed E-state index contributed by atoms with van der Waals surface area (Å²) in [7, 11) is 0. The molecule has 1 saturated heterocycles. The summed E-state index contributed by atoms with van der Waals surface area (Å²) < 4.78 is 33.7. The first-order valence-corrected chi connectivity index (χ1v) is 7.39. The Morgan fingerprint density at radius 3 is 2.54 bits per heavy atom. The Morgan fingerprint density at radius 2 is 1.96 bits per heavy atom. The molecule has 0 amide bonds. The van der Waals surface area contributed by atoms with Crippen LogP contribution < -0.4 is 9.64 Å². The van der Waals surface area contributed by atoms with Gasteiger partial charge in [0.25, 0.3) is 0 Å². The number of ether oxygens (including phenoxy) is 1. The molecule has 0 spiro atoms. The summed E-state index contributed by atoms with van der Waals surface area (Å²) in [6.45, 7) is -1.82. The van der Waals surface area contributed by atoms with Gasteiger partial charge in [0.05, 0.1) is 5.92 Å². The maximum Gasteiger partial charge on any atom is 0.387 e. The zero-order valence-corrected chi connectivity index (χ0v) is 12.6. The number of halogens is 2. The largest absolute Gasteiger partial charge is 0.481 e. The predicted octanol–water partition coefficient (Wildman–Crippen LogP) is 2.64. The molecule has 2 heterocycles. The number of benzene rings is 1. The van der Waals surface area contributed by atoms with Crippen LogP contribution in [0.2, 0.25) is 0 Å². The normalized spacial score (nSPS) is 15.7. The van der Waals surface area contributed by atoms with Crippen LogP contribution in [0.5, 0.6) is 5.75 Å². The molecular formula is C15H15F2N3O4. The topological polar surface area (TPSA) is 88.7 Å². The van der Waals surface area contributed by atoms with Gasteiger partial charge in [-0.3, -0.25) is 4.79 Å². The number of alkyl halides is 2. The van der Waals surface area contributed by atoms with Crippen LogP contribution in [0.3, 0.4) is 0 Å². The fourth-order valence-electron chi connectivity index (χ4n) is 2.56. The molecule has 1 aliphatic rings. The smallest absolute Gasteiger partial charge is 0.387 e. The van der Waals surface area contributed by atoms with E-state index >= 15 is 0 Å². The number of piperidine rings is 1. The van der Waals surface area contributed by atoms with E-state index in [9.17, 15) is 13.6 Å². The molecule has 0 aliphatic carbocycles. The van der Waals surface area contributed by atoms with Crippen LogP contribution in [0.4, 0.5) is 14.8 Å². The fourth-order valence-corrected chi connectivity index (χ4v) is 2.56. The van der Waals surface area contributed by atoms with Crippen molar-refractivity contribution in [3.63, 3.8) is 0 Å². The SMILES string of the molecule is O=C(O)C1CCN(c2nc(-c3ccc(OC(F)F)cc3)no2)CC1. The number of hydrogen-bond acceptors (Lipinski definition) is 6. The van der Waals surface area contributed by atoms with Crippen LogP contribution in [-0.4, -0.2) is 40.9 Å². The van der Waals surface area contributed by atoms with Gasteiger partial charge >= 0.3 is 18.6 Å².